The third-order valence-electron chi connectivity index (χ3n) is 4.53. The van der Waals surface area contributed by atoms with Gasteiger partial charge in [0, 0.05) is 12.6 Å². The summed E-state index contributed by atoms with van der Waals surface area (Å²) >= 11 is 0. The second-order valence-corrected chi connectivity index (χ2v) is 6.01. The fraction of sp³-hybridized carbons (Fsp3) is 0.190. The Balaban J connectivity index is 1.90. The van der Waals surface area contributed by atoms with Gasteiger partial charge in [-0.1, -0.05) is 54.6 Å². The number of rotatable bonds is 3. The summed E-state index contributed by atoms with van der Waals surface area (Å²) in [4.78, 5) is 14.6. The molecule has 0 heterocycles. The van der Waals surface area contributed by atoms with E-state index in [0.717, 1.165) is 16.7 Å². The SMILES string of the molecule is Cc1ccccc1C(=O)N(C)C(C)c1ccc2ccccc2c1. The molecule has 116 valence electrons. The van der Waals surface area contributed by atoms with E-state index in [1.54, 1.807) is 0 Å². The van der Waals surface area contributed by atoms with E-state index in [-0.39, 0.29) is 11.9 Å². The second kappa shape index (κ2) is 6.25. The molecule has 0 N–H and O–H groups in total. The first-order valence-corrected chi connectivity index (χ1v) is 7.89. The van der Waals surface area contributed by atoms with Crippen molar-refractivity contribution in [1.82, 2.24) is 4.90 Å². The summed E-state index contributed by atoms with van der Waals surface area (Å²) in [5.41, 5.74) is 2.92. The van der Waals surface area contributed by atoms with Gasteiger partial charge >= 0.3 is 0 Å². The average molecular weight is 303 g/mol. The molecule has 1 atom stereocenters. The number of hydrogen-bond donors (Lipinski definition) is 0. The first-order valence-electron chi connectivity index (χ1n) is 7.89. The summed E-state index contributed by atoms with van der Waals surface area (Å²) < 4.78 is 0. The van der Waals surface area contributed by atoms with Crippen molar-refractivity contribution in [2.45, 2.75) is 19.9 Å². The highest BCUT2D eigenvalue weighted by atomic mass is 16.2. The number of aryl methyl sites for hydroxylation is 1. The van der Waals surface area contributed by atoms with Crippen LogP contribution in [0.4, 0.5) is 0 Å². The zero-order valence-electron chi connectivity index (χ0n) is 13.8. The molecule has 3 rings (SSSR count). The molecule has 2 nitrogen and oxygen atoms in total. The second-order valence-electron chi connectivity index (χ2n) is 6.01. The quantitative estimate of drug-likeness (QED) is 0.668. The maximum atomic E-state index is 12.8. The van der Waals surface area contributed by atoms with Crippen LogP contribution in [0.5, 0.6) is 0 Å². The van der Waals surface area contributed by atoms with E-state index in [2.05, 4.69) is 37.3 Å². The highest BCUT2D eigenvalue weighted by Gasteiger charge is 2.20. The highest BCUT2D eigenvalue weighted by Crippen LogP contribution is 2.25. The Morgan fingerprint density at radius 1 is 0.913 bits per heavy atom. The molecule has 0 bridgehead atoms. The molecule has 23 heavy (non-hydrogen) atoms. The zero-order chi connectivity index (χ0) is 16.4. The van der Waals surface area contributed by atoms with Crippen LogP contribution in [-0.4, -0.2) is 17.9 Å². The first kappa shape index (κ1) is 15.3. The van der Waals surface area contributed by atoms with Crippen molar-refractivity contribution < 1.29 is 4.79 Å². The topological polar surface area (TPSA) is 20.3 Å². The van der Waals surface area contributed by atoms with Crippen LogP contribution in [0, 0.1) is 6.92 Å². The van der Waals surface area contributed by atoms with Crippen LogP contribution in [0.15, 0.2) is 66.7 Å². The van der Waals surface area contributed by atoms with Crippen molar-refractivity contribution in [3.8, 4) is 0 Å². The Morgan fingerprint density at radius 2 is 1.57 bits per heavy atom. The maximum Gasteiger partial charge on any atom is 0.254 e. The molecule has 0 radical (unpaired) electrons. The molecule has 3 aromatic carbocycles. The third-order valence-corrected chi connectivity index (χ3v) is 4.53. The normalized spacial score (nSPS) is 12.1. The van der Waals surface area contributed by atoms with E-state index in [1.165, 1.54) is 10.8 Å². The molecule has 0 saturated heterocycles. The number of hydrogen-bond acceptors (Lipinski definition) is 1. The lowest BCUT2D eigenvalue weighted by molar-refractivity contribution is 0.0742. The fourth-order valence-corrected chi connectivity index (χ4v) is 2.87. The molecule has 0 spiro atoms. The van der Waals surface area contributed by atoms with Gasteiger partial charge in [-0.2, -0.15) is 0 Å². The molecule has 0 aliphatic heterocycles. The van der Waals surface area contributed by atoms with Gasteiger partial charge in [0.15, 0.2) is 0 Å². The van der Waals surface area contributed by atoms with Crippen molar-refractivity contribution in [2.75, 3.05) is 7.05 Å². The summed E-state index contributed by atoms with van der Waals surface area (Å²) in [6, 6.07) is 22.4. The smallest absolute Gasteiger partial charge is 0.254 e. The van der Waals surface area contributed by atoms with Gasteiger partial charge < -0.3 is 4.90 Å². The van der Waals surface area contributed by atoms with Crippen molar-refractivity contribution in [1.29, 1.82) is 0 Å². The predicted octanol–water partition coefficient (Wildman–Crippen LogP) is 4.98. The van der Waals surface area contributed by atoms with Gasteiger partial charge in [0.2, 0.25) is 0 Å². The number of fused-ring (bicyclic) bond motifs is 1. The fourth-order valence-electron chi connectivity index (χ4n) is 2.87. The summed E-state index contributed by atoms with van der Waals surface area (Å²) in [7, 11) is 1.87. The van der Waals surface area contributed by atoms with E-state index in [1.807, 2.05) is 55.3 Å². The molecule has 0 fully saturated rings. The van der Waals surface area contributed by atoms with Crippen LogP contribution in [0.25, 0.3) is 10.8 Å². The molecular weight excluding hydrogens is 282 g/mol. The van der Waals surface area contributed by atoms with Gasteiger partial charge in [-0.15, -0.1) is 0 Å². The minimum atomic E-state index is 0.0201. The van der Waals surface area contributed by atoms with Gasteiger partial charge in [-0.3, -0.25) is 4.79 Å². The molecule has 3 aromatic rings. The number of carbonyl (C=O) groups is 1. The minimum Gasteiger partial charge on any atom is -0.335 e. The Hall–Kier alpha value is -2.61. The molecular formula is C21H21NO. The number of nitrogens with zero attached hydrogens (tertiary/aromatic N) is 1. The monoisotopic (exact) mass is 303 g/mol. The van der Waals surface area contributed by atoms with E-state index in [0.29, 0.717) is 0 Å². The Bertz CT molecular complexity index is 853. The number of carbonyl (C=O) groups excluding carboxylic acids is 1. The van der Waals surface area contributed by atoms with Gasteiger partial charge in [-0.05, 0) is 47.9 Å². The van der Waals surface area contributed by atoms with E-state index in [4.69, 9.17) is 0 Å². The molecule has 2 heteroatoms. The van der Waals surface area contributed by atoms with E-state index < -0.39 is 0 Å². The Kier molecular flexibility index (Phi) is 4.16. The zero-order valence-corrected chi connectivity index (χ0v) is 13.8. The van der Waals surface area contributed by atoms with Gasteiger partial charge in [-0.25, -0.2) is 0 Å². The predicted molar refractivity (Wildman–Crippen MR) is 95.6 cm³/mol. The maximum absolute atomic E-state index is 12.8. The van der Waals surface area contributed by atoms with Crippen LogP contribution < -0.4 is 0 Å². The summed E-state index contributed by atoms with van der Waals surface area (Å²) in [6.45, 7) is 4.04. The van der Waals surface area contributed by atoms with Crippen LogP contribution in [0.3, 0.4) is 0 Å². The summed E-state index contributed by atoms with van der Waals surface area (Å²) in [5.74, 6) is 0.0590. The standard InChI is InChI=1S/C21H21NO/c1-15-8-4-7-11-20(15)21(23)22(3)16(2)18-13-12-17-9-5-6-10-19(17)14-18/h4-14,16H,1-3H3. The Labute approximate surface area is 137 Å². The van der Waals surface area contributed by atoms with Crippen molar-refractivity contribution in [3.63, 3.8) is 0 Å². The molecule has 0 saturated carbocycles. The van der Waals surface area contributed by atoms with Crippen LogP contribution in [0.2, 0.25) is 0 Å². The van der Waals surface area contributed by atoms with Crippen molar-refractivity contribution in [3.05, 3.63) is 83.4 Å². The largest absolute Gasteiger partial charge is 0.335 e. The summed E-state index contributed by atoms with van der Waals surface area (Å²) in [5, 5.41) is 2.42. The van der Waals surface area contributed by atoms with Gasteiger partial charge in [0.1, 0.15) is 0 Å². The van der Waals surface area contributed by atoms with Gasteiger partial charge in [0.05, 0.1) is 6.04 Å². The van der Waals surface area contributed by atoms with E-state index in [9.17, 15) is 4.79 Å². The molecule has 1 unspecified atom stereocenters. The summed E-state index contributed by atoms with van der Waals surface area (Å²) in [6.07, 6.45) is 0. The molecule has 0 aromatic heterocycles. The third kappa shape index (κ3) is 2.98. The number of benzene rings is 3. The average Bonchev–Trinajstić information content (AvgIpc) is 2.60. The lowest BCUT2D eigenvalue weighted by atomic mass is 10.0. The van der Waals surface area contributed by atoms with Gasteiger partial charge in [0.25, 0.3) is 5.91 Å². The lowest BCUT2D eigenvalue weighted by Crippen LogP contribution is -2.30. The minimum absolute atomic E-state index is 0.0201. The Morgan fingerprint density at radius 3 is 2.30 bits per heavy atom. The molecule has 1 amide bonds. The lowest BCUT2D eigenvalue weighted by Gasteiger charge is -2.26. The van der Waals surface area contributed by atoms with Crippen LogP contribution in [-0.2, 0) is 0 Å². The van der Waals surface area contributed by atoms with Crippen LogP contribution in [0.1, 0.15) is 34.5 Å². The number of amides is 1. The first-order chi connectivity index (χ1) is 11.1. The molecule has 0 aliphatic carbocycles. The van der Waals surface area contributed by atoms with E-state index >= 15 is 0 Å². The molecule has 0 aliphatic rings. The van der Waals surface area contributed by atoms with Crippen LogP contribution >= 0.6 is 0 Å². The van der Waals surface area contributed by atoms with Crippen molar-refractivity contribution in [2.24, 2.45) is 0 Å². The highest BCUT2D eigenvalue weighted by molar-refractivity contribution is 5.95. The van der Waals surface area contributed by atoms with Crippen molar-refractivity contribution >= 4 is 16.7 Å².